The Balaban J connectivity index is 2.69. The maximum atomic E-state index is 5.62. The van der Waals surface area contributed by atoms with Gasteiger partial charge in [-0.1, -0.05) is 25.5 Å². The first kappa shape index (κ1) is 9.12. The second kappa shape index (κ2) is 4.15. The average Bonchev–Trinajstić information content (AvgIpc) is 2.58. The lowest BCUT2D eigenvalue weighted by Gasteiger charge is -2.16. The van der Waals surface area contributed by atoms with Crippen molar-refractivity contribution in [3.05, 3.63) is 5.82 Å². The van der Waals surface area contributed by atoms with Crippen LogP contribution < -0.4 is 5.73 Å². The maximum Gasteiger partial charge on any atom is 0.179 e. The Morgan fingerprint density at radius 1 is 1.58 bits per heavy atom. The van der Waals surface area contributed by atoms with Gasteiger partial charge in [-0.25, -0.2) is 0 Å². The maximum absolute atomic E-state index is 5.62. The Bertz CT molecular complexity index is 208. The zero-order valence-corrected chi connectivity index (χ0v) is 7.49. The molecule has 68 valence electrons. The fraction of sp³-hybridized carbons (Fsp3) is 0.857. The van der Waals surface area contributed by atoms with Crippen LogP contribution in [0.4, 0.5) is 0 Å². The molecule has 0 fully saturated rings. The van der Waals surface area contributed by atoms with Crippen molar-refractivity contribution >= 4 is 0 Å². The SMILES string of the molecule is CCC(C)C(CN)c1nn[nH]n1. The van der Waals surface area contributed by atoms with E-state index in [0.717, 1.165) is 12.2 Å². The van der Waals surface area contributed by atoms with Crippen molar-refractivity contribution in [1.29, 1.82) is 0 Å². The van der Waals surface area contributed by atoms with Gasteiger partial charge in [-0.3, -0.25) is 0 Å². The van der Waals surface area contributed by atoms with Gasteiger partial charge in [0.05, 0.1) is 0 Å². The summed E-state index contributed by atoms with van der Waals surface area (Å²) < 4.78 is 0. The van der Waals surface area contributed by atoms with Gasteiger partial charge < -0.3 is 5.73 Å². The van der Waals surface area contributed by atoms with Crippen LogP contribution in [-0.2, 0) is 0 Å². The Labute approximate surface area is 71.7 Å². The van der Waals surface area contributed by atoms with Crippen LogP contribution in [-0.4, -0.2) is 27.2 Å². The molecule has 0 amide bonds. The molecule has 0 aliphatic heterocycles. The molecule has 3 N–H and O–H groups in total. The smallest absolute Gasteiger partial charge is 0.179 e. The van der Waals surface area contributed by atoms with Crippen LogP contribution in [0.5, 0.6) is 0 Å². The summed E-state index contributed by atoms with van der Waals surface area (Å²) in [5.74, 6) is 1.47. The third-order valence-corrected chi connectivity index (χ3v) is 2.28. The minimum Gasteiger partial charge on any atom is -0.330 e. The molecular formula is C7H15N5. The van der Waals surface area contributed by atoms with Crippen molar-refractivity contribution in [3.63, 3.8) is 0 Å². The molecule has 5 nitrogen and oxygen atoms in total. The van der Waals surface area contributed by atoms with Gasteiger partial charge in [0, 0.05) is 12.5 Å². The van der Waals surface area contributed by atoms with Gasteiger partial charge in [0.2, 0.25) is 0 Å². The van der Waals surface area contributed by atoms with Gasteiger partial charge >= 0.3 is 0 Å². The molecule has 0 aromatic carbocycles. The summed E-state index contributed by atoms with van der Waals surface area (Å²) in [6, 6.07) is 0. The molecule has 0 spiro atoms. The standard InChI is InChI=1S/C7H15N5/c1-3-5(2)6(4-8)7-9-11-12-10-7/h5-6H,3-4,8H2,1-2H3,(H,9,10,11,12). The lowest BCUT2D eigenvalue weighted by atomic mass is 9.91. The highest BCUT2D eigenvalue weighted by molar-refractivity contribution is 4.93. The monoisotopic (exact) mass is 169 g/mol. The molecule has 0 aliphatic carbocycles. The first-order valence-electron chi connectivity index (χ1n) is 4.23. The molecule has 0 bridgehead atoms. The number of nitrogens with zero attached hydrogens (tertiary/aromatic N) is 3. The third kappa shape index (κ3) is 1.79. The van der Waals surface area contributed by atoms with Crippen LogP contribution in [0.25, 0.3) is 0 Å². The summed E-state index contributed by atoms with van der Waals surface area (Å²) in [5.41, 5.74) is 5.62. The summed E-state index contributed by atoms with van der Waals surface area (Å²) in [6.07, 6.45) is 1.08. The Morgan fingerprint density at radius 3 is 2.75 bits per heavy atom. The highest BCUT2D eigenvalue weighted by Gasteiger charge is 2.19. The van der Waals surface area contributed by atoms with E-state index in [9.17, 15) is 0 Å². The summed E-state index contributed by atoms with van der Waals surface area (Å²) in [6.45, 7) is 4.86. The molecule has 1 aromatic heterocycles. The molecule has 2 unspecified atom stereocenters. The topological polar surface area (TPSA) is 80.5 Å². The number of nitrogens with one attached hydrogen (secondary N) is 1. The van der Waals surface area contributed by atoms with Crippen LogP contribution in [0.15, 0.2) is 0 Å². The predicted molar refractivity (Wildman–Crippen MR) is 45.4 cm³/mol. The minimum absolute atomic E-state index is 0.230. The molecule has 0 radical (unpaired) electrons. The van der Waals surface area contributed by atoms with Gasteiger partial charge in [-0.15, -0.1) is 10.2 Å². The molecule has 12 heavy (non-hydrogen) atoms. The van der Waals surface area contributed by atoms with E-state index < -0.39 is 0 Å². The number of aromatic nitrogens is 4. The number of rotatable bonds is 4. The normalized spacial score (nSPS) is 15.9. The summed E-state index contributed by atoms with van der Waals surface area (Å²) >= 11 is 0. The lowest BCUT2D eigenvalue weighted by molar-refractivity contribution is 0.435. The largest absolute Gasteiger partial charge is 0.330 e. The van der Waals surface area contributed by atoms with Gasteiger partial charge in [-0.05, 0) is 5.92 Å². The van der Waals surface area contributed by atoms with Crippen molar-refractivity contribution < 1.29 is 0 Å². The first-order chi connectivity index (χ1) is 5.79. The van der Waals surface area contributed by atoms with E-state index >= 15 is 0 Å². The first-order valence-corrected chi connectivity index (χ1v) is 4.23. The Kier molecular flexibility index (Phi) is 3.16. The van der Waals surface area contributed by atoms with Crippen LogP contribution in [0.1, 0.15) is 32.0 Å². The molecule has 0 aliphatic rings. The number of aromatic amines is 1. The van der Waals surface area contributed by atoms with E-state index in [1.165, 1.54) is 0 Å². The second-order valence-corrected chi connectivity index (χ2v) is 3.00. The molecule has 0 saturated carbocycles. The van der Waals surface area contributed by atoms with Gasteiger partial charge in [0.15, 0.2) is 5.82 Å². The third-order valence-electron chi connectivity index (χ3n) is 2.28. The number of tetrazole rings is 1. The quantitative estimate of drug-likeness (QED) is 0.678. The van der Waals surface area contributed by atoms with Crippen molar-refractivity contribution in [2.75, 3.05) is 6.54 Å². The average molecular weight is 169 g/mol. The number of H-pyrrole nitrogens is 1. The van der Waals surface area contributed by atoms with E-state index in [4.69, 9.17) is 5.73 Å². The second-order valence-electron chi connectivity index (χ2n) is 3.00. The highest BCUT2D eigenvalue weighted by Crippen LogP contribution is 2.21. The molecule has 1 aromatic rings. The van der Waals surface area contributed by atoms with Crippen LogP contribution in [0.3, 0.4) is 0 Å². The molecule has 0 saturated heterocycles. The highest BCUT2D eigenvalue weighted by atomic mass is 15.5. The van der Waals surface area contributed by atoms with Crippen molar-refractivity contribution in [1.82, 2.24) is 20.6 Å². The molecular weight excluding hydrogens is 154 g/mol. The van der Waals surface area contributed by atoms with Gasteiger partial charge in [-0.2, -0.15) is 5.21 Å². The molecule has 5 heteroatoms. The fourth-order valence-electron chi connectivity index (χ4n) is 1.20. The van der Waals surface area contributed by atoms with Gasteiger partial charge in [0.1, 0.15) is 0 Å². The molecule has 1 heterocycles. The molecule has 2 atom stereocenters. The number of hydrogen-bond donors (Lipinski definition) is 2. The van der Waals surface area contributed by atoms with Crippen molar-refractivity contribution in [2.24, 2.45) is 11.7 Å². The summed E-state index contributed by atoms with van der Waals surface area (Å²) in [4.78, 5) is 0. The summed E-state index contributed by atoms with van der Waals surface area (Å²) in [7, 11) is 0. The van der Waals surface area contributed by atoms with E-state index in [2.05, 4.69) is 34.5 Å². The molecule has 1 rings (SSSR count). The van der Waals surface area contributed by atoms with Crippen LogP contribution in [0, 0.1) is 5.92 Å². The lowest BCUT2D eigenvalue weighted by Crippen LogP contribution is -2.20. The minimum atomic E-state index is 0.230. The Morgan fingerprint density at radius 2 is 2.33 bits per heavy atom. The van der Waals surface area contributed by atoms with Crippen molar-refractivity contribution in [2.45, 2.75) is 26.2 Å². The van der Waals surface area contributed by atoms with E-state index in [1.807, 2.05) is 0 Å². The number of hydrogen-bond acceptors (Lipinski definition) is 4. The Hall–Kier alpha value is -0.970. The number of nitrogens with two attached hydrogens (primary N) is 1. The van der Waals surface area contributed by atoms with E-state index in [-0.39, 0.29) is 5.92 Å². The van der Waals surface area contributed by atoms with E-state index in [1.54, 1.807) is 0 Å². The van der Waals surface area contributed by atoms with E-state index in [0.29, 0.717) is 12.5 Å². The van der Waals surface area contributed by atoms with Crippen LogP contribution >= 0.6 is 0 Å². The zero-order chi connectivity index (χ0) is 8.97. The van der Waals surface area contributed by atoms with Crippen molar-refractivity contribution in [3.8, 4) is 0 Å². The van der Waals surface area contributed by atoms with Gasteiger partial charge in [0.25, 0.3) is 0 Å². The zero-order valence-electron chi connectivity index (χ0n) is 7.49. The fourth-order valence-corrected chi connectivity index (χ4v) is 1.20. The predicted octanol–water partition coefficient (Wildman–Crippen LogP) is 0.288. The summed E-state index contributed by atoms with van der Waals surface area (Å²) in [5, 5.41) is 13.8. The van der Waals surface area contributed by atoms with Crippen LogP contribution in [0.2, 0.25) is 0 Å².